The predicted octanol–water partition coefficient (Wildman–Crippen LogP) is 8.00. The standard InChI is InChI=1S/2C13H20O.2CH3.Sn/c2*1-4-7-12-11(6-3)10(5-2)8-9-13(12)14;;;/h2*8-9,14H,4-7H2,1-3H3;2*1H3;/q;;;;+2/p-2. The van der Waals surface area contributed by atoms with Crippen LogP contribution in [0.15, 0.2) is 24.3 Å². The number of aryl methyl sites for hydroxylation is 2. The summed E-state index contributed by atoms with van der Waals surface area (Å²) in [5.41, 5.74) is 8.69. The molecule has 31 heavy (non-hydrogen) atoms. The SMILES string of the molecule is CCCc1c([O][Sn]([CH3])([CH3])[O]c2ccc(CC)c(CC)c2CCC)ccc(CC)c1CC. The molecule has 3 heteroatoms. The monoisotopic (exact) mass is 532 g/mol. The Hall–Kier alpha value is -1.16. The van der Waals surface area contributed by atoms with Gasteiger partial charge in [0.25, 0.3) is 0 Å². The van der Waals surface area contributed by atoms with Gasteiger partial charge in [0.1, 0.15) is 0 Å². The second-order valence-electron chi connectivity index (χ2n) is 8.88. The Bertz CT molecular complexity index is 785. The molecule has 0 aliphatic rings. The van der Waals surface area contributed by atoms with Crippen LogP contribution in [0.3, 0.4) is 0 Å². The molecule has 0 radical (unpaired) electrons. The van der Waals surface area contributed by atoms with Gasteiger partial charge in [-0.2, -0.15) is 0 Å². The summed E-state index contributed by atoms with van der Waals surface area (Å²) in [6.45, 7) is 13.5. The van der Waals surface area contributed by atoms with E-state index in [1.165, 1.54) is 33.4 Å². The Labute approximate surface area is 196 Å². The van der Waals surface area contributed by atoms with E-state index in [1.807, 2.05) is 0 Å². The van der Waals surface area contributed by atoms with E-state index in [1.54, 1.807) is 0 Å². The normalized spacial score (nSPS) is 11.6. The zero-order chi connectivity index (χ0) is 23.0. The molecule has 0 atom stereocenters. The fraction of sp³-hybridized carbons (Fsp3) is 0.571. The van der Waals surface area contributed by atoms with Gasteiger partial charge in [-0.1, -0.05) is 0 Å². The number of rotatable bonds is 12. The third-order valence-electron chi connectivity index (χ3n) is 6.15. The molecular weight excluding hydrogens is 487 g/mol. The van der Waals surface area contributed by atoms with Gasteiger partial charge in [-0.3, -0.25) is 0 Å². The van der Waals surface area contributed by atoms with Gasteiger partial charge < -0.3 is 0 Å². The Morgan fingerprint density at radius 3 is 1.23 bits per heavy atom. The second-order valence-corrected chi connectivity index (χ2v) is 18.0. The van der Waals surface area contributed by atoms with Crippen LogP contribution in [-0.2, 0) is 38.5 Å². The molecule has 0 aromatic heterocycles. The summed E-state index contributed by atoms with van der Waals surface area (Å²) in [6.07, 6.45) is 8.68. The average Bonchev–Trinajstić information content (AvgIpc) is 2.75. The first-order valence-corrected chi connectivity index (χ1v) is 20.5. The van der Waals surface area contributed by atoms with Gasteiger partial charge in [0, 0.05) is 0 Å². The third kappa shape index (κ3) is 6.43. The summed E-state index contributed by atoms with van der Waals surface area (Å²) < 4.78 is 13.6. The molecule has 0 amide bonds. The first-order valence-electron chi connectivity index (χ1n) is 12.5. The Morgan fingerprint density at radius 1 is 0.548 bits per heavy atom. The third-order valence-corrected chi connectivity index (χ3v) is 10.2. The summed E-state index contributed by atoms with van der Waals surface area (Å²) in [6, 6.07) is 8.94. The van der Waals surface area contributed by atoms with Crippen molar-refractivity contribution < 1.29 is 6.15 Å². The topological polar surface area (TPSA) is 18.5 Å². The zero-order valence-electron chi connectivity index (χ0n) is 21.3. The van der Waals surface area contributed by atoms with Crippen molar-refractivity contribution in [3.63, 3.8) is 0 Å². The van der Waals surface area contributed by atoms with Crippen molar-refractivity contribution in [2.45, 2.75) is 103 Å². The zero-order valence-corrected chi connectivity index (χ0v) is 24.1. The molecule has 0 saturated carbocycles. The predicted molar refractivity (Wildman–Crippen MR) is 137 cm³/mol. The minimum atomic E-state index is -3.29. The van der Waals surface area contributed by atoms with E-state index >= 15 is 0 Å². The first kappa shape index (κ1) is 26.1. The first-order chi connectivity index (χ1) is 14.8. The Balaban J connectivity index is 2.42. The van der Waals surface area contributed by atoms with E-state index < -0.39 is 19.2 Å². The summed E-state index contributed by atoms with van der Waals surface area (Å²) in [7, 11) is 0. The second kappa shape index (κ2) is 12.2. The van der Waals surface area contributed by atoms with Crippen LogP contribution in [0.4, 0.5) is 0 Å². The van der Waals surface area contributed by atoms with Crippen molar-refractivity contribution in [3.8, 4) is 11.5 Å². The van der Waals surface area contributed by atoms with E-state index in [0.29, 0.717) is 0 Å². The molecule has 2 aromatic carbocycles. The maximum absolute atomic E-state index is 6.78. The minimum absolute atomic E-state index is 1.06. The van der Waals surface area contributed by atoms with Crippen LogP contribution in [-0.4, -0.2) is 19.2 Å². The summed E-state index contributed by atoms with van der Waals surface area (Å²) in [5.74, 6) is 2.13. The van der Waals surface area contributed by atoms with Crippen molar-refractivity contribution >= 4 is 19.2 Å². The van der Waals surface area contributed by atoms with Crippen molar-refractivity contribution in [3.05, 3.63) is 57.6 Å². The van der Waals surface area contributed by atoms with Crippen LogP contribution in [0.25, 0.3) is 0 Å². The van der Waals surface area contributed by atoms with Gasteiger partial charge in [-0.15, -0.1) is 0 Å². The molecular formula is C28H44O2Sn. The summed E-state index contributed by atoms with van der Waals surface area (Å²) in [5, 5.41) is 0. The van der Waals surface area contributed by atoms with Crippen LogP contribution >= 0.6 is 0 Å². The van der Waals surface area contributed by atoms with Gasteiger partial charge in [0.2, 0.25) is 0 Å². The fourth-order valence-corrected chi connectivity index (χ4v) is 9.01. The molecule has 0 bridgehead atoms. The summed E-state index contributed by atoms with van der Waals surface area (Å²) >= 11 is -3.29. The quantitative estimate of drug-likeness (QED) is 0.259. The van der Waals surface area contributed by atoms with Gasteiger partial charge in [-0.05, 0) is 0 Å². The van der Waals surface area contributed by atoms with Crippen LogP contribution < -0.4 is 6.15 Å². The molecule has 0 fully saturated rings. The number of benzene rings is 2. The van der Waals surface area contributed by atoms with E-state index in [2.05, 4.69) is 75.7 Å². The molecule has 2 rings (SSSR count). The van der Waals surface area contributed by atoms with E-state index in [-0.39, 0.29) is 0 Å². The molecule has 0 N–H and O–H groups in total. The van der Waals surface area contributed by atoms with Crippen molar-refractivity contribution in [1.82, 2.24) is 0 Å². The molecule has 0 saturated heterocycles. The molecule has 0 aliphatic carbocycles. The van der Waals surface area contributed by atoms with E-state index in [0.717, 1.165) is 62.9 Å². The molecule has 0 unspecified atom stereocenters. The Morgan fingerprint density at radius 2 is 0.935 bits per heavy atom. The van der Waals surface area contributed by atoms with Crippen molar-refractivity contribution in [2.75, 3.05) is 0 Å². The number of hydrogen-bond donors (Lipinski definition) is 0. The van der Waals surface area contributed by atoms with E-state index in [9.17, 15) is 0 Å². The molecule has 172 valence electrons. The average molecular weight is 531 g/mol. The van der Waals surface area contributed by atoms with Crippen LogP contribution in [0.1, 0.15) is 87.8 Å². The molecule has 2 nitrogen and oxygen atoms in total. The van der Waals surface area contributed by atoms with Crippen LogP contribution in [0, 0.1) is 0 Å². The van der Waals surface area contributed by atoms with Gasteiger partial charge in [0.15, 0.2) is 0 Å². The molecule has 0 heterocycles. The van der Waals surface area contributed by atoms with Crippen LogP contribution in [0.5, 0.6) is 11.5 Å². The maximum atomic E-state index is 6.78. The van der Waals surface area contributed by atoms with Gasteiger partial charge >= 0.3 is 197 Å². The van der Waals surface area contributed by atoms with Crippen molar-refractivity contribution in [1.29, 1.82) is 0 Å². The van der Waals surface area contributed by atoms with Crippen LogP contribution in [0.2, 0.25) is 9.88 Å². The summed E-state index contributed by atoms with van der Waals surface area (Å²) in [4.78, 5) is 4.50. The van der Waals surface area contributed by atoms with Gasteiger partial charge in [-0.25, -0.2) is 0 Å². The molecule has 0 spiro atoms. The van der Waals surface area contributed by atoms with Gasteiger partial charge in [0.05, 0.1) is 0 Å². The Kier molecular flexibility index (Phi) is 10.3. The fourth-order valence-electron chi connectivity index (χ4n) is 4.77. The molecule has 2 aromatic rings. The molecule has 0 aliphatic heterocycles. The number of hydrogen-bond acceptors (Lipinski definition) is 2. The van der Waals surface area contributed by atoms with Crippen molar-refractivity contribution in [2.24, 2.45) is 0 Å². The van der Waals surface area contributed by atoms with E-state index in [4.69, 9.17) is 6.15 Å².